The summed E-state index contributed by atoms with van der Waals surface area (Å²) in [6, 6.07) is 8.15. The summed E-state index contributed by atoms with van der Waals surface area (Å²) in [6.07, 6.45) is 1.63. The molecule has 104 valence electrons. The van der Waals surface area contributed by atoms with Gasteiger partial charge in [-0.05, 0) is 19.1 Å². The van der Waals surface area contributed by atoms with Crippen LogP contribution in [0, 0.1) is 6.92 Å². The molecule has 20 heavy (non-hydrogen) atoms. The molecule has 0 atom stereocenters. The lowest BCUT2D eigenvalue weighted by Crippen LogP contribution is -2.37. The molecule has 6 heteroatoms. The minimum Gasteiger partial charge on any atom is -0.378 e. The molecule has 2 heterocycles. The zero-order valence-electron chi connectivity index (χ0n) is 11.4. The van der Waals surface area contributed by atoms with Gasteiger partial charge in [0.25, 0.3) is 0 Å². The molecule has 2 aromatic rings. The fourth-order valence-electron chi connectivity index (χ4n) is 2.04. The van der Waals surface area contributed by atoms with Gasteiger partial charge in [-0.25, -0.2) is 0 Å². The topological polar surface area (TPSA) is 63.2 Å². The summed E-state index contributed by atoms with van der Waals surface area (Å²) in [6.45, 7) is 5.08. The van der Waals surface area contributed by atoms with Crippen LogP contribution in [0.25, 0.3) is 0 Å². The van der Waals surface area contributed by atoms with Crippen LogP contribution in [0.15, 0.2) is 30.5 Å². The molecule has 0 unspecified atom stereocenters. The van der Waals surface area contributed by atoms with Crippen LogP contribution in [0.5, 0.6) is 0 Å². The Morgan fingerprint density at radius 1 is 1.15 bits per heavy atom. The van der Waals surface area contributed by atoms with Crippen molar-refractivity contribution in [1.82, 2.24) is 15.2 Å². The zero-order chi connectivity index (χ0) is 13.8. The van der Waals surface area contributed by atoms with Gasteiger partial charge < -0.3 is 15.0 Å². The van der Waals surface area contributed by atoms with Gasteiger partial charge in [-0.15, -0.1) is 5.10 Å². The largest absolute Gasteiger partial charge is 0.378 e. The minimum absolute atomic E-state index is 0.644. The molecule has 1 aromatic carbocycles. The Balaban J connectivity index is 1.75. The number of anilines is 3. The Hall–Kier alpha value is -2.21. The Morgan fingerprint density at radius 3 is 2.65 bits per heavy atom. The van der Waals surface area contributed by atoms with Gasteiger partial charge in [0, 0.05) is 18.8 Å². The van der Waals surface area contributed by atoms with E-state index in [1.165, 1.54) is 5.56 Å². The molecule has 1 aromatic heterocycles. The van der Waals surface area contributed by atoms with Crippen molar-refractivity contribution >= 4 is 17.5 Å². The van der Waals surface area contributed by atoms with Gasteiger partial charge in [-0.1, -0.05) is 17.7 Å². The molecule has 0 amide bonds. The molecule has 3 rings (SSSR count). The van der Waals surface area contributed by atoms with Gasteiger partial charge in [0.1, 0.15) is 0 Å². The predicted molar refractivity (Wildman–Crippen MR) is 77.3 cm³/mol. The van der Waals surface area contributed by atoms with Crippen molar-refractivity contribution in [2.45, 2.75) is 6.92 Å². The van der Waals surface area contributed by atoms with Crippen molar-refractivity contribution in [2.75, 3.05) is 36.5 Å². The number of morpholine rings is 1. The van der Waals surface area contributed by atoms with Crippen molar-refractivity contribution in [2.24, 2.45) is 0 Å². The van der Waals surface area contributed by atoms with Crippen molar-refractivity contribution < 1.29 is 4.74 Å². The molecule has 0 aliphatic carbocycles. The third kappa shape index (κ3) is 3.03. The second-order valence-electron chi connectivity index (χ2n) is 4.73. The maximum Gasteiger partial charge on any atom is 0.247 e. The van der Waals surface area contributed by atoms with Crippen molar-refractivity contribution in [1.29, 1.82) is 0 Å². The molecule has 6 nitrogen and oxygen atoms in total. The Kier molecular flexibility index (Phi) is 3.73. The van der Waals surface area contributed by atoms with E-state index < -0.39 is 0 Å². The number of hydrogen-bond acceptors (Lipinski definition) is 6. The fraction of sp³-hybridized carbons (Fsp3) is 0.357. The van der Waals surface area contributed by atoms with E-state index in [-0.39, 0.29) is 0 Å². The van der Waals surface area contributed by atoms with Crippen LogP contribution in [-0.4, -0.2) is 41.5 Å². The summed E-state index contributed by atoms with van der Waals surface area (Å²) >= 11 is 0. The molecule has 0 radical (unpaired) electrons. The number of nitrogens with one attached hydrogen (secondary N) is 1. The molecular weight excluding hydrogens is 254 g/mol. The summed E-state index contributed by atoms with van der Waals surface area (Å²) in [5.74, 6) is 1.34. The molecule has 1 N–H and O–H groups in total. The predicted octanol–water partition coefficient (Wildman–Crippen LogP) is 1.76. The van der Waals surface area contributed by atoms with Crippen molar-refractivity contribution in [3.05, 3.63) is 36.0 Å². The number of ether oxygens (including phenoxy) is 1. The van der Waals surface area contributed by atoms with E-state index in [9.17, 15) is 0 Å². The second kappa shape index (κ2) is 5.83. The number of rotatable bonds is 3. The highest BCUT2D eigenvalue weighted by Gasteiger charge is 2.14. The molecule has 1 fully saturated rings. The third-order valence-corrected chi connectivity index (χ3v) is 3.17. The van der Waals surface area contributed by atoms with Crippen LogP contribution < -0.4 is 10.2 Å². The van der Waals surface area contributed by atoms with E-state index in [1.807, 2.05) is 12.1 Å². The zero-order valence-corrected chi connectivity index (χ0v) is 11.4. The standard InChI is InChI=1S/C14H17N5O/c1-11-2-4-12(5-3-11)16-13-10-15-18-14(17-13)19-6-8-20-9-7-19/h2-5,10H,6-9H2,1H3,(H,16,17,18). The van der Waals surface area contributed by atoms with E-state index >= 15 is 0 Å². The van der Waals surface area contributed by atoms with Crippen molar-refractivity contribution in [3.8, 4) is 0 Å². The van der Waals surface area contributed by atoms with E-state index in [0.717, 1.165) is 18.8 Å². The van der Waals surface area contributed by atoms with E-state index in [1.54, 1.807) is 6.20 Å². The number of aromatic nitrogens is 3. The summed E-state index contributed by atoms with van der Waals surface area (Å²) in [5.41, 5.74) is 2.22. The van der Waals surface area contributed by atoms with Gasteiger partial charge in [0.15, 0.2) is 5.82 Å². The average Bonchev–Trinajstić information content (AvgIpc) is 2.51. The highest BCUT2D eigenvalue weighted by Crippen LogP contribution is 2.16. The molecular formula is C14H17N5O. The maximum absolute atomic E-state index is 5.33. The average molecular weight is 271 g/mol. The van der Waals surface area contributed by atoms with Gasteiger partial charge >= 0.3 is 0 Å². The molecule has 0 spiro atoms. The van der Waals surface area contributed by atoms with E-state index in [4.69, 9.17) is 4.74 Å². The number of nitrogens with zero attached hydrogens (tertiary/aromatic N) is 4. The van der Waals surface area contributed by atoms with E-state index in [2.05, 4.69) is 44.5 Å². The summed E-state index contributed by atoms with van der Waals surface area (Å²) in [5, 5.41) is 11.3. The highest BCUT2D eigenvalue weighted by atomic mass is 16.5. The van der Waals surface area contributed by atoms with Gasteiger partial charge in [0.2, 0.25) is 5.95 Å². The fourth-order valence-corrected chi connectivity index (χ4v) is 2.04. The lowest BCUT2D eigenvalue weighted by molar-refractivity contribution is 0.122. The van der Waals surface area contributed by atoms with Crippen LogP contribution in [0.1, 0.15) is 5.56 Å². The number of hydrogen-bond donors (Lipinski definition) is 1. The Bertz CT molecular complexity index is 566. The smallest absolute Gasteiger partial charge is 0.247 e. The molecule has 0 saturated carbocycles. The van der Waals surface area contributed by atoms with Crippen LogP contribution in [-0.2, 0) is 4.74 Å². The monoisotopic (exact) mass is 271 g/mol. The summed E-state index contributed by atoms with van der Waals surface area (Å²) in [7, 11) is 0. The number of aryl methyl sites for hydroxylation is 1. The Labute approximate surface area is 117 Å². The van der Waals surface area contributed by atoms with Crippen molar-refractivity contribution in [3.63, 3.8) is 0 Å². The maximum atomic E-state index is 5.33. The lowest BCUT2D eigenvalue weighted by Gasteiger charge is -2.26. The van der Waals surface area contributed by atoms with Crippen LogP contribution in [0.4, 0.5) is 17.5 Å². The number of benzene rings is 1. The van der Waals surface area contributed by atoms with Crippen LogP contribution in [0.3, 0.4) is 0 Å². The quantitative estimate of drug-likeness (QED) is 0.917. The highest BCUT2D eigenvalue weighted by molar-refractivity contribution is 5.56. The van der Waals surface area contributed by atoms with Gasteiger partial charge in [0.05, 0.1) is 19.4 Å². The van der Waals surface area contributed by atoms with Gasteiger partial charge in [-0.2, -0.15) is 10.1 Å². The molecule has 1 aliphatic heterocycles. The molecule has 1 aliphatic rings. The first kappa shape index (κ1) is 12.8. The molecule has 1 saturated heterocycles. The van der Waals surface area contributed by atoms with Gasteiger partial charge in [-0.3, -0.25) is 0 Å². The van der Waals surface area contributed by atoms with Crippen LogP contribution >= 0.6 is 0 Å². The third-order valence-electron chi connectivity index (χ3n) is 3.17. The summed E-state index contributed by atoms with van der Waals surface area (Å²) in [4.78, 5) is 6.58. The molecule has 0 bridgehead atoms. The Morgan fingerprint density at radius 2 is 1.90 bits per heavy atom. The van der Waals surface area contributed by atoms with Crippen LogP contribution in [0.2, 0.25) is 0 Å². The first-order chi connectivity index (χ1) is 9.81. The SMILES string of the molecule is Cc1ccc(Nc2cnnc(N3CCOCC3)n2)cc1. The first-order valence-electron chi connectivity index (χ1n) is 6.67. The second-order valence-corrected chi connectivity index (χ2v) is 4.73. The summed E-state index contributed by atoms with van der Waals surface area (Å²) < 4.78 is 5.33. The normalized spacial score (nSPS) is 15.2. The minimum atomic E-state index is 0.644. The lowest BCUT2D eigenvalue weighted by atomic mass is 10.2. The van der Waals surface area contributed by atoms with E-state index in [0.29, 0.717) is 25.0 Å². The first-order valence-corrected chi connectivity index (χ1v) is 6.67.